The molecule has 0 radical (unpaired) electrons. The van der Waals surface area contributed by atoms with Crippen molar-refractivity contribution in [3.05, 3.63) is 57.0 Å². The molecule has 0 spiro atoms. The molecule has 2 amide bonds. The van der Waals surface area contributed by atoms with E-state index in [2.05, 4.69) is 9.43 Å². The van der Waals surface area contributed by atoms with Gasteiger partial charge in [0.15, 0.2) is 0 Å². The topological polar surface area (TPSA) is 158 Å². The van der Waals surface area contributed by atoms with Crippen LogP contribution in [0.4, 0.5) is 11.4 Å². The molecular formula is C22H24ClN5O6S2. The Bertz CT molecular complexity index is 1530. The molecule has 0 saturated heterocycles. The lowest BCUT2D eigenvalue weighted by molar-refractivity contribution is -0.117. The predicted molar refractivity (Wildman–Crippen MR) is 135 cm³/mol. The van der Waals surface area contributed by atoms with Gasteiger partial charge in [-0.3, -0.25) is 9.59 Å². The van der Waals surface area contributed by atoms with Crippen LogP contribution in [0.1, 0.15) is 36.1 Å². The number of hydrogen-bond acceptors (Lipinski definition) is 6. The fourth-order valence-corrected chi connectivity index (χ4v) is 6.47. The van der Waals surface area contributed by atoms with Crippen molar-refractivity contribution < 1.29 is 26.4 Å². The second-order valence-corrected chi connectivity index (χ2v) is 12.5. The zero-order valence-electron chi connectivity index (χ0n) is 20.0. The van der Waals surface area contributed by atoms with Gasteiger partial charge in [-0.2, -0.15) is 0 Å². The van der Waals surface area contributed by atoms with Crippen LogP contribution in [0.15, 0.2) is 38.6 Å². The highest BCUT2D eigenvalue weighted by Gasteiger charge is 2.27. The predicted octanol–water partition coefficient (Wildman–Crippen LogP) is 3.73. The minimum absolute atomic E-state index is 0.0581. The quantitative estimate of drug-likeness (QED) is 0.244. The lowest BCUT2D eigenvalue weighted by Gasteiger charge is -2.16. The molecule has 0 N–H and O–H groups in total. The van der Waals surface area contributed by atoms with Crippen LogP contribution in [0.25, 0.3) is 10.4 Å². The third kappa shape index (κ3) is 5.49. The number of hydrogen-bond donors (Lipinski definition) is 0. The van der Waals surface area contributed by atoms with Crippen molar-refractivity contribution in [1.29, 1.82) is 0 Å². The lowest BCUT2D eigenvalue weighted by Crippen LogP contribution is -2.25. The average molecular weight is 554 g/mol. The Hall–Kier alpha value is -3.12. The molecule has 11 nitrogen and oxygen atoms in total. The van der Waals surface area contributed by atoms with Gasteiger partial charge in [0.2, 0.25) is 11.8 Å². The smallest absolute Gasteiger partial charge is 0.264 e. The molecule has 0 saturated carbocycles. The molecule has 0 aromatic heterocycles. The summed E-state index contributed by atoms with van der Waals surface area (Å²) in [6.07, 6.45) is 1.44. The van der Waals surface area contributed by atoms with Crippen LogP contribution in [0.2, 0.25) is 0 Å². The zero-order chi connectivity index (χ0) is 27.0. The third-order valence-corrected chi connectivity index (χ3v) is 8.74. The first-order chi connectivity index (χ1) is 16.7. The number of carbonyl (C=O) groups is 2. The normalized spacial score (nSPS) is 14.4. The van der Waals surface area contributed by atoms with Crippen molar-refractivity contribution in [2.45, 2.75) is 50.3 Å². The van der Waals surface area contributed by atoms with Crippen molar-refractivity contribution in [2.75, 3.05) is 22.9 Å². The van der Waals surface area contributed by atoms with Gasteiger partial charge in [0, 0.05) is 58.4 Å². The van der Waals surface area contributed by atoms with Gasteiger partial charge in [0.1, 0.15) is 0 Å². The summed E-state index contributed by atoms with van der Waals surface area (Å²) in [5, 5.41) is 0. The number of azide groups is 1. The molecule has 2 aromatic carbocycles. The molecule has 192 valence electrons. The van der Waals surface area contributed by atoms with Gasteiger partial charge in [0.25, 0.3) is 19.1 Å². The van der Waals surface area contributed by atoms with Crippen molar-refractivity contribution in [3.63, 3.8) is 0 Å². The van der Waals surface area contributed by atoms with E-state index in [-0.39, 0.29) is 21.6 Å². The van der Waals surface area contributed by atoms with Crippen LogP contribution in [-0.2, 0) is 41.5 Å². The number of anilines is 2. The summed E-state index contributed by atoms with van der Waals surface area (Å²) in [6.45, 7) is 7.36. The highest BCUT2D eigenvalue weighted by atomic mass is 35.7. The Morgan fingerprint density at radius 3 is 1.67 bits per heavy atom. The van der Waals surface area contributed by atoms with Crippen LogP contribution in [0, 0.1) is 13.8 Å². The van der Waals surface area contributed by atoms with Crippen LogP contribution in [0.5, 0.6) is 0 Å². The van der Waals surface area contributed by atoms with Crippen molar-refractivity contribution in [2.24, 2.45) is 4.52 Å². The highest BCUT2D eigenvalue weighted by molar-refractivity contribution is 8.13. The number of amides is 2. The summed E-state index contributed by atoms with van der Waals surface area (Å²) in [5.41, 5.74) is 12.6. The Labute approximate surface area is 213 Å². The first-order valence-corrected chi connectivity index (χ1v) is 14.5. The minimum atomic E-state index is -4.04. The molecule has 36 heavy (non-hydrogen) atoms. The standard InChI is InChI=1S/C11H12ClNO3S.C11H12N4O3S/c1-7-5-9-3-4-13(8(2)14)10(9)6-11(7)17(12,15)16;1-7-5-9-3-4-15(8(2)16)10(9)6-11(7)19(17,18)14-13-12/h5-6H,3-4H2,1-2H3;5-6H,3-4H2,1-2H3. The fraction of sp³-hybridized carbons (Fsp3) is 0.364. The van der Waals surface area contributed by atoms with Crippen molar-refractivity contribution in [1.82, 2.24) is 0 Å². The highest BCUT2D eigenvalue weighted by Crippen LogP contribution is 2.34. The van der Waals surface area contributed by atoms with Gasteiger partial charge in [-0.1, -0.05) is 12.1 Å². The van der Waals surface area contributed by atoms with E-state index in [0.29, 0.717) is 42.0 Å². The number of aryl methyl sites for hydroxylation is 2. The first-order valence-electron chi connectivity index (χ1n) is 10.8. The summed E-state index contributed by atoms with van der Waals surface area (Å²) in [5.74, 6) is -0.236. The molecule has 2 aliphatic rings. The minimum Gasteiger partial charge on any atom is -0.312 e. The second kappa shape index (κ2) is 10.1. The Kier molecular flexibility index (Phi) is 7.70. The molecule has 0 fully saturated rings. The maximum atomic E-state index is 11.8. The number of halogens is 1. The number of fused-ring (bicyclic) bond motifs is 2. The number of sulfonamides is 1. The van der Waals surface area contributed by atoms with E-state index in [1.54, 1.807) is 30.9 Å². The molecule has 2 aliphatic heterocycles. The summed E-state index contributed by atoms with van der Waals surface area (Å²) in [6, 6.07) is 6.40. The van der Waals surface area contributed by atoms with Gasteiger partial charge in [-0.15, -0.1) is 0 Å². The van der Waals surface area contributed by atoms with E-state index in [1.807, 2.05) is 0 Å². The van der Waals surface area contributed by atoms with E-state index in [9.17, 15) is 26.4 Å². The number of nitrogens with zero attached hydrogens (tertiary/aromatic N) is 5. The van der Waals surface area contributed by atoms with Crippen LogP contribution in [-0.4, -0.2) is 41.7 Å². The van der Waals surface area contributed by atoms with E-state index in [1.165, 1.54) is 30.9 Å². The van der Waals surface area contributed by atoms with Gasteiger partial charge in [0.05, 0.1) is 9.79 Å². The molecule has 0 unspecified atom stereocenters. The molecular weight excluding hydrogens is 530 g/mol. The molecule has 14 heteroatoms. The number of rotatable bonds is 3. The SMILES string of the molecule is CC(=O)N1CCc2cc(C)c(S(=O)(=O)Cl)cc21.CC(=O)N1CCc2cc(C)c(S(=O)(=O)N=[N+]=[N-])cc21. The molecule has 0 bridgehead atoms. The molecule has 4 rings (SSSR count). The van der Waals surface area contributed by atoms with Gasteiger partial charge < -0.3 is 9.80 Å². The summed E-state index contributed by atoms with van der Waals surface area (Å²) in [4.78, 5) is 28.3. The Morgan fingerprint density at radius 1 is 0.861 bits per heavy atom. The average Bonchev–Trinajstić information content (AvgIpc) is 3.35. The molecule has 2 heterocycles. The van der Waals surface area contributed by atoms with Crippen LogP contribution in [0.3, 0.4) is 0 Å². The molecule has 0 aliphatic carbocycles. The summed E-state index contributed by atoms with van der Waals surface area (Å²) < 4.78 is 49.2. The Morgan fingerprint density at radius 2 is 1.28 bits per heavy atom. The van der Waals surface area contributed by atoms with Gasteiger partial charge in [-0.25, -0.2) is 16.8 Å². The fourth-order valence-electron chi connectivity index (χ4n) is 4.37. The Balaban J connectivity index is 0.000000202. The second-order valence-electron chi connectivity index (χ2n) is 8.42. The van der Waals surface area contributed by atoms with Crippen LogP contribution < -0.4 is 9.80 Å². The monoisotopic (exact) mass is 553 g/mol. The van der Waals surface area contributed by atoms with E-state index in [4.69, 9.17) is 16.2 Å². The van der Waals surface area contributed by atoms with Gasteiger partial charge in [-0.05, 0) is 66.6 Å². The number of benzene rings is 2. The first kappa shape index (κ1) is 27.5. The van der Waals surface area contributed by atoms with Gasteiger partial charge >= 0.3 is 0 Å². The molecule has 2 aromatic rings. The third-order valence-electron chi connectivity index (χ3n) is 5.99. The van der Waals surface area contributed by atoms with E-state index in [0.717, 1.165) is 17.5 Å². The maximum absolute atomic E-state index is 11.8. The zero-order valence-corrected chi connectivity index (χ0v) is 22.4. The van der Waals surface area contributed by atoms with E-state index < -0.39 is 19.1 Å². The van der Waals surface area contributed by atoms with Crippen molar-refractivity contribution >= 4 is 52.9 Å². The largest absolute Gasteiger partial charge is 0.312 e. The number of carbonyl (C=O) groups excluding carboxylic acids is 2. The molecule has 0 atom stereocenters. The maximum Gasteiger partial charge on any atom is 0.264 e. The summed E-state index contributed by atoms with van der Waals surface area (Å²) in [7, 11) is -2.45. The van der Waals surface area contributed by atoms with Crippen LogP contribution >= 0.6 is 10.7 Å². The summed E-state index contributed by atoms with van der Waals surface area (Å²) >= 11 is 0. The van der Waals surface area contributed by atoms with E-state index >= 15 is 0 Å². The van der Waals surface area contributed by atoms with Crippen molar-refractivity contribution in [3.8, 4) is 0 Å². The lowest BCUT2D eigenvalue weighted by atomic mass is 10.1.